The van der Waals surface area contributed by atoms with Crippen LogP contribution in [0.4, 0.5) is 0 Å². The van der Waals surface area contributed by atoms with E-state index >= 15 is 0 Å². The molecular formula is C37H24N4O2. The average molecular weight is 557 g/mol. The quantitative estimate of drug-likeness (QED) is 0.217. The molecule has 204 valence electrons. The number of imidazole rings is 1. The van der Waals surface area contributed by atoms with Crippen LogP contribution in [0.15, 0.2) is 132 Å². The maximum Gasteiger partial charge on any atom is 0.149 e. The molecule has 0 saturated heterocycles. The zero-order valence-corrected chi connectivity index (χ0v) is 23.2. The molecule has 0 radical (unpaired) electrons. The number of furan rings is 1. The number of rotatable bonds is 4. The van der Waals surface area contributed by atoms with Crippen LogP contribution in [0.5, 0.6) is 11.5 Å². The van der Waals surface area contributed by atoms with E-state index in [4.69, 9.17) is 19.1 Å². The zero-order chi connectivity index (χ0) is 28.5. The largest absolute Gasteiger partial charge is 0.457 e. The lowest BCUT2D eigenvalue weighted by Crippen LogP contribution is -1.96. The van der Waals surface area contributed by atoms with Gasteiger partial charge in [-0.2, -0.15) is 0 Å². The van der Waals surface area contributed by atoms with Crippen molar-refractivity contribution in [2.24, 2.45) is 7.05 Å². The van der Waals surface area contributed by atoms with E-state index in [0.29, 0.717) is 0 Å². The van der Waals surface area contributed by atoms with Crippen LogP contribution in [-0.4, -0.2) is 19.1 Å². The van der Waals surface area contributed by atoms with Crippen molar-refractivity contribution in [1.82, 2.24) is 19.1 Å². The summed E-state index contributed by atoms with van der Waals surface area (Å²) in [4.78, 5) is 9.84. The molecule has 0 fully saturated rings. The van der Waals surface area contributed by atoms with E-state index in [0.717, 1.165) is 83.5 Å². The van der Waals surface area contributed by atoms with E-state index in [-0.39, 0.29) is 0 Å². The summed E-state index contributed by atoms with van der Waals surface area (Å²) in [6, 6.07) is 40.9. The first kappa shape index (κ1) is 23.8. The molecule has 4 heterocycles. The number of fused-ring (bicyclic) bond motifs is 8. The lowest BCUT2D eigenvalue weighted by molar-refractivity contribution is 0.482. The Morgan fingerprint density at radius 1 is 0.674 bits per heavy atom. The monoisotopic (exact) mass is 556 g/mol. The van der Waals surface area contributed by atoms with Crippen LogP contribution in [0.2, 0.25) is 0 Å². The summed E-state index contributed by atoms with van der Waals surface area (Å²) in [6.07, 6.45) is 1.92. The summed E-state index contributed by atoms with van der Waals surface area (Å²) in [5.41, 5.74) is 7.63. The van der Waals surface area contributed by atoms with Gasteiger partial charge in [0.2, 0.25) is 0 Å². The second kappa shape index (κ2) is 9.06. The summed E-state index contributed by atoms with van der Waals surface area (Å²) >= 11 is 0. The minimum atomic E-state index is 0.732. The molecule has 43 heavy (non-hydrogen) atoms. The van der Waals surface area contributed by atoms with Crippen LogP contribution in [0.25, 0.3) is 72.0 Å². The highest BCUT2D eigenvalue weighted by Gasteiger charge is 2.20. The second-order valence-corrected chi connectivity index (χ2v) is 10.8. The fourth-order valence-electron chi connectivity index (χ4n) is 6.26. The Kier molecular flexibility index (Phi) is 5.01. The van der Waals surface area contributed by atoms with E-state index in [1.165, 1.54) is 0 Å². The number of hydrogen-bond acceptors (Lipinski definition) is 4. The van der Waals surface area contributed by atoms with Crippen LogP contribution < -0.4 is 4.74 Å². The molecule has 0 N–H and O–H groups in total. The van der Waals surface area contributed by atoms with Gasteiger partial charge in [0.15, 0.2) is 0 Å². The van der Waals surface area contributed by atoms with Gasteiger partial charge in [0.25, 0.3) is 0 Å². The van der Waals surface area contributed by atoms with Gasteiger partial charge in [-0.1, -0.05) is 66.7 Å². The maximum absolute atomic E-state index is 6.44. The number of aryl methyl sites for hydroxylation is 1. The highest BCUT2D eigenvalue weighted by Crippen LogP contribution is 2.40. The Hall–Kier alpha value is -5.88. The molecule has 9 aromatic rings. The lowest BCUT2D eigenvalue weighted by atomic mass is 10.1. The number of nitrogens with zero attached hydrogens (tertiary/aromatic N) is 4. The Morgan fingerprint density at radius 3 is 2.30 bits per heavy atom. The third kappa shape index (κ3) is 3.60. The zero-order valence-electron chi connectivity index (χ0n) is 23.2. The molecule has 0 saturated carbocycles. The van der Waals surface area contributed by atoms with Crippen LogP contribution in [0, 0.1) is 0 Å². The first-order valence-corrected chi connectivity index (χ1v) is 14.2. The molecule has 0 aliphatic carbocycles. The van der Waals surface area contributed by atoms with Crippen molar-refractivity contribution < 1.29 is 9.15 Å². The third-order valence-electron chi connectivity index (χ3n) is 8.22. The standard InChI is InChI=1S/C37H24N4O2/c1-40-32-18-6-4-16-30(32)39-36(40)23-10-8-12-25(20-23)42-26-13-9-11-24(21-26)41-31-17-5-2-15-28(31)34-35-29(22-38-37(34)41)27-14-3-7-19-33(27)43-35/h2-22H,1H3. The predicted octanol–water partition coefficient (Wildman–Crippen LogP) is 9.42. The molecule has 5 aromatic carbocycles. The van der Waals surface area contributed by atoms with Gasteiger partial charge in [-0.25, -0.2) is 9.97 Å². The molecule has 0 aliphatic rings. The number of benzene rings is 5. The minimum absolute atomic E-state index is 0.732. The van der Waals surface area contributed by atoms with Crippen molar-refractivity contribution in [3.05, 3.63) is 128 Å². The summed E-state index contributed by atoms with van der Waals surface area (Å²) in [5, 5.41) is 4.19. The van der Waals surface area contributed by atoms with Crippen molar-refractivity contribution >= 4 is 54.9 Å². The number of ether oxygens (including phenoxy) is 1. The molecule has 0 spiro atoms. The SMILES string of the molecule is Cn1c(-c2cccc(Oc3cccc(-n4c5ccccc5c5c6oc7ccccc7c6cnc54)c3)c2)nc2ccccc21. The van der Waals surface area contributed by atoms with Gasteiger partial charge in [-0.15, -0.1) is 0 Å². The number of para-hydroxylation sites is 4. The normalized spacial score (nSPS) is 11.8. The number of hydrogen-bond donors (Lipinski definition) is 0. The topological polar surface area (TPSA) is 58.0 Å². The Labute approximate surface area is 246 Å². The van der Waals surface area contributed by atoms with E-state index in [9.17, 15) is 0 Å². The highest BCUT2D eigenvalue weighted by atomic mass is 16.5. The molecule has 6 heteroatoms. The van der Waals surface area contributed by atoms with E-state index in [1.54, 1.807) is 0 Å². The molecular weight excluding hydrogens is 532 g/mol. The molecule has 0 aliphatic heterocycles. The lowest BCUT2D eigenvalue weighted by Gasteiger charge is -2.11. The predicted molar refractivity (Wildman–Crippen MR) is 172 cm³/mol. The summed E-state index contributed by atoms with van der Waals surface area (Å²) in [7, 11) is 2.04. The van der Waals surface area contributed by atoms with Crippen molar-refractivity contribution in [1.29, 1.82) is 0 Å². The summed E-state index contributed by atoms with van der Waals surface area (Å²) < 4.78 is 17.1. The van der Waals surface area contributed by atoms with Crippen LogP contribution in [0.1, 0.15) is 0 Å². The van der Waals surface area contributed by atoms with E-state index in [2.05, 4.69) is 63.7 Å². The fraction of sp³-hybridized carbons (Fsp3) is 0.0270. The van der Waals surface area contributed by atoms with Gasteiger partial charge in [0, 0.05) is 41.0 Å². The average Bonchev–Trinajstić information content (AvgIpc) is 3.70. The van der Waals surface area contributed by atoms with Gasteiger partial charge in [0.05, 0.1) is 27.6 Å². The molecule has 9 rings (SSSR count). The van der Waals surface area contributed by atoms with Gasteiger partial charge in [-0.3, -0.25) is 4.57 Å². The Balaban J connectivity index is 1.16. The maximum atomic E-state index is 6.44. The van der Waals surface area contributed by atoms with Crippen LogP contribution >= 0.6 is 0 Å². The summed E-state index contributed by atoms with van der Waals surface area (Å²) in [6.45, 7) is 0. The Morgan fingerprint density at radius 2 is 1.42 bits per heavy atom. The smallest absolute Gasteiger partial charge is 0.149 e. The van der Waals surface area contributed by atoms with E-state index in [1.807, 2.05) is 80.0 Å². The number of pyridine rings is 1. The summed E-state index contributed by atoms with van der Waals surface area (Å²) in [5.74, 6) is 2.37. The third-order valence-corrected chi connectivity index (χ3v) is 8.22. The van der Waals surface area contributed by atoms with Crippen LogP contribution in [-0.2, 0) is 7.05 Å². The fourth-order valence-corrected chi connectivity index (χ4v) is 6.26. The highest BCUT2D eigenvalue weighted by molar-refractivity contribution is 6.22. The molecule has 4 aromatic heterocycles. The van der Waals surface area contributed by atoms with Gasteiger partial charge >= 0.3 is 0 Å². The molecule has 0 unspecified atom stereocenters. The van der Waals surface area contributed by atoms with Gasteiger partial charge in [-0.05, 0) is 48.5 Å². The van der Waals surface area contributed by atoms with Crippen molar-refractivity contribution in [3.8, 4) is 28.6 Å². The molecule has 0 atom stereocenters. The number of aromatic nitrogens is 4. The first-order chi connectivity index (χ1) is 21.2. The molecule has 0 bridgehead atoms. The minimum Gasteiger partial charge on any atom is -0.457 e. The van der Waals surface area contributed by atoms with Gasteiger partial charge in [0.1, 0.15) is 34.1 Å². The first-order valence-electron chi connectivity index (χ1n) is 14.2. The molecule has 6 nitrogen and oxygen atoms in total. The van der Waals surface area contributed by atoms with E-state index < -0.39 is 0 Å². The second-order valence-electron chi connectivity index (χ2n) is 10.8. The Bertz CT molecular complexity index is 2520. The van der Waals surface area contributed by atoms with Crippen molar-refractivity contribution in [2.45, 2.75) is 0 Å². The van der Waals surface area contributed by atoms with Gasteiger partial charge < -0.3 is 13.7 Å². The van der Waals surface area contributed by atoms with Crippen molar-refractivity contribution in [2.75, 3.05) is 0 Å². The van der Waals surface area contributed by atoms with Crippen molar-refractivity contribution in [3.63, 3.8) is 0 Å². The van der Waals surface area contributed by atoms with Crippen LogP contribution in [0.3, 0.4) is 0 Å². The molecule has 0 amide bonds.